The van der Waals surface area contributed by atoms with Crippen LogP contribution in [0.1, 0.15) is 13.8 Å². The molecule has 1 aliphatic heterocycles. The van der Waals surface area contributed by atoms with Gasteiger partial charge in [-0.1, -0.05) is 13.8 Å². The summed E-state index contributed by atoms with van der Waals surface area (Å²) in [5.74, 6) is -0.496. The quantitative estimate of drug-likeness (QED) is 0.631. The minimum Gasteiger partial charge on any atom is -0.467 e. The average molecular weight is 257 g/mol. The van der Waals surface area contributed by atoms with Gasteiger partial charge in [-0.3, -0.25) is 9.69 Å². The molecule has 1 amide bonds. The van der Waals surface area contributed by atoms with Gasteiger partial charge in [-0.2, -0.15) is 0 Å². The summed E-state index contributed by atoms with van der Waals surface area (Å²) in [6.07, 6.45) is 0. The number of piperazine rings is 1. The van der Waals surface area contributed by atoms with Crippen molar-refractivity contribution in [2.75, 3.05) is 39.8 Å². The van der Waals surface area contributed by atoms with Crippen molar-refractivity contribution in [2.45, 2.75) is 19.9 Å². The summed E-state index contributed by atoms with van der Waals surface area (Å²) in [5.41, 5.74) is 0. The van der Waals surface area contributed by atoms with Gasteiger partial charge in [-0.25, -0.2) is 4.79 Å². The van der Waals surface area contributed by atoms with E-state index in [9.17, 15) is 9.59 Å². The van der Waals surface area contributed by atoms with Crippen molar-refractivity contribution in [3.63, 3.8) is 0 Å². The van der Waals surface area contributed by atoms with Gasteiger partial charge in [0.15, 0.2) is 0 Å². The number of nitrogens with zero attached hydrogens (tertiary/aromatic N) is 1. The van der Waals surface area contributed by atoms with E-state index in [1.54, 1.807) is 0 Å². The Morgan fingerprint density at radius 1 is 1.33 bits per heavy atom. The zero-order valence-electron chi connectivity index (χ0n) is 11.4. The fourth-order valence-corrected chi connectivity index (χ4v) is 1.92. The number of carbonyl (C=O) groups is 2. The molecule has 6 nitrogen and oxygen atoms in total. The second-order valence-corrected chi connectivity index (χ2v) is 4.84. The molecule has 104 valence electrons. The van der Waals surface area contributed by atoms with Gasteiger partial charge in [-0.05, 0) is 5.92 Å². The van der Waals surface area contributed by atoms with E-state index in [0.29, 0.717) is 6.54 Å². The van der Waals surface area contributed by atoms with Crippen molar-refractivity contribution in [1.82, 2.24) is 15.5 Å². The van der Waals surface area contributed by atoms with Crippen molar-refractivity contribution in [3.05, 3.63) is 0 Å². The number of methoxy groups -OCH3 is 1. The number of hydrogen-bond acceptors (Lipinski definition) is 5. The number of carbonyl (C=O) groups excluding carboxylic acids is 2. The molecule has 1 heterocycles. The maximum Gasteiger partial charge on any atom is 0.328 e. The fraction of sp³-hybridized carbons (Fsp3) is 0.833. The summed E-state index contributed by atoms with van der Waals surface area (Å²) >= 11 is 0. The van der Waals surface area contributed by atoms with Gasteiger partial charge in [0.25, 0.3) is 0 Å². The molecule has 1 saturated heterocycles. The Morgan fingerprint density at radius 2 is 1.94 bits per heavy atom. The molecule has 2 N–H and O–H groups in total. The predicted octanol–water partition coefficient (Wildman–Crippen LogP) is -0.795. The van der Waals surface area contributed by atoms with Crippen molar-refractivity contribution in [1.29, 1.82) is 0 Å². The van der Waals surface area contributed by atoms with Gasteiger partial charge in [0.2, 0.25) is 5.91 Å². The summed E-state index contributed by atoms with van der Waals surface area (Å²) < 4.78 is 4.69. The minimum absolute atomic E-state index is 0.0180. The lowest BCUT2D eigenvalue weighted by molar-refractivity contribution is -0.146. The first-order valence-electron chi connectivity index (χ1n) is 6.35. The normalized spacial score (nSPS) is 18.4. The van der Waals surface area contributed by atoms with Gasteiger partial charge >= 0.3 is 5.97 Å². The molecule has 0 aromatic carbocycles. The van der Waals surface area contributed by atoms with Crippen LogP contribution in [0.4, 0.5) is 0 Å². The maximum absolute atomic E-state index is 11.9. The molecule has 18 heavy (non-hydrogen) atoms. The van der Waals surface area contributed by atoms with E-state index in [2.05, 4.69) is 20.3 Å². The van der Waals surface area contributed by atoms with Gasteiger partial charge in [0.1, 0.15) is 6.04 Å². The Hall–Kier alpha value is -1.14. The van der Waals surface area contributed by atoms with Crippen molar-refractivity contribution < 1.29 is 14.3 Å². The van der Waals surface area contributed by atoms with Crippen LogP contribution in [0.15, 0.2) is 0 Å². The van der Waals surface area contributed by atoms with E-state index >= 15 is 0 Å². The van der Waals surface area contributed by atoms with Crippen molar-refractivity contribution in [3.8, 4) is 0 Å². The summed E-state index contributed by atoms with van der Waals surface area (Å²) in [6.45, 7) is 7.62. The van der Waals surface area contributed by atoms with Crippen LogP contribution in [0, 0.1) is 5.92 Å². The molecule has 1 rings (SSSR count). The smallest absolute Gasteiger partial charge is 0.328 e. The highest BCUT2D eigenvalue weighted by atomic mass is 16.5. The van der Waals surface area contributed by atoms with Crippen LogP contribution < -0.4 is 10.6 Å². The first kappa shape index (κ1) is 14.9. The molecule has 6 heteroatoms. The first-order chi connectivity index (χ1) is 8.54. The van der Waals surface area contributed by atoms with E-state index < -0.39 is 12.0 Å². The lowest BCUT2D eigenvalue weighted by Crippen LogP contribution is -2.51. The molecular formula is C12H23N3O3. The molecule has 0 saturated carbocycles. The Balaban J connectivity index is 2.42. The molecule has 0 spiro atoms. The van der Waals surface area contributed by atoms with Crippen LogP contribution in [-0.4, -0.2) is 62.7 Å². The van der Waals surface area contributed by atoms with Gasteiger partial charge < -0.3 is 15.4 Å². The Kier molecular flexibility index (Phi) is 6.07. The molecule has 0 aromatic rings. The van der Waals surface area contributed by atoms with Crippen LogP contribution in [0.25, 0.3) is 0 Å². The largest absolute Gasteiger partial charge is 0.467 e. The highest BCUT2D eigenvalue weighted by Crippen LogP contribution is 2.03. The standard InChI is InChI=1S/C12H23N3O3/c1-9(2)11(12(17)18-3)14-10(16)8-15-6-4-13-5-7-15/h9,11,13H,4-8H2,1-3H3,(H,14,16)/t11-/m0/s1. The molecule has 0 bridgehead atoms. The summed E-state index contributed by atoms with van der Waals surface area (Å²) in [4.78, 5) is 25.5. The number of nitrogens with one attached hydrogen (secondary N) is 2. The molecule has 0 aromatic heterocycles. The Morgan fingerprint density at radius 3 is 2.44 bits per heavy atom. The molecule has 0 unspecified atom stereocenters. The average Bonchev–Trinajstić information content (AvgIpc) is 2.36. The third-order valence-corrected chi connectivity index (χ3v) is 3.02. The van der Waals surface area contributed by atoms with E-state index in [1.165, 1.54) is 7.11 Å². The zero-order chi connectivity index (χ0) is 13.5. The fourth-order valence-electron chi connectivity index (χ4n) is 1.92. The van der Waals surface area contributed by atoms with Crippen molar-refractivity contribution in [2.24, 2.45) is 5.92 Å². The summed E-state index contributed by atoms with van der Waals surface area (Å²) in [5, 5.41) is 5.97. The van der Waals surface area contributed by atoms with Gasteiger partial charge in [0.05, 0.1) is 13.7 Å². The molecule has 1 fully saturated rings. The molecule has 1 aliphatic rings. The van der Waals surface area contributed by atoms with Crippen LogP contribution >= 0.6 is 0 Å². The molecular weight excluding hydrogens is 234 g/mol. The van der Waals surface area contributed by atoms with E-state index in [0.717, 1.165) is 26.2 Å². The molecule has 1 atom stereocenters. The van der Waals surface area contributed by atoms with E-state index in [-0.39, 0.29) is 11.8 Å². The second-order valence-electron chi connectivity index (χ2n) is 4.84. The monoisotopic (exact) mass is 257 g/mol. The minimum atomic E-state index is -0.564. The molecule has 0 radical (unpaired) electrons. The van der Waals surface area contributed by atoms with E-state index in [1.807, 2.05) is 13.8 Å². The first-order valence-corrected chi connectivity index (χ1v) is 6.35. The summed E-state index contributed by atoms with van der Waals surface area (Å²) in [6, 6.07) is -0.564. The molecule has 0 aliphatic carbocycles. The highest BCUT2D eigenvalue weighted by Gasteiger charge is 2.25. The third-order valence-electron chi connectivity index (χ3n) is 3.02. The SMILES string of the molecule is COC(=O)[C@@H](NC(=O)CN1CCNCC1)C(C)C. The number of hydrogen-bond donors (Lipinski definition) is 2. The lowest BCUT2D eigenvalue weighted by Gasteiger charge is -2.27. The highest BCUT2D eigenvalue weighted by molar-refractivity contribution is 5.85. The van der Waals surface area contributed by atoms with Gasteiger partial charge in [0, 0.05) is 26.2 Å². The van der Waals surface area contributed by atoms with Crippen LogP contribution in [0.2, 0.25) is 0 Å². The number of amides is 1. The van der Waals surface area contributed by atoms with Crippen LogP contribution in [0.5, 0.6) is 0 Å². The topological polar surface area (TPSA) is 70.7 Å². The zero-order valence-corrected chi connectivity index (χ0v) is 11.4. The summed E-state index contributed by atoms with van der Waals surface area (Å²) in [7, 11) is 1.33. The van der Waals surface area contributed by atoms with Crippen LogP contribution in [-0.2, 0) is 14.3 Å². The van der Waals surface area contributed by atoms with Gasteiger partial charge in [-0.15, -0.1) is 0 Å². The maximum atomic E-state index is 11.9. The number of rotatable bonds is 5. The Labute approximate surface area is 108 Å². The van der Waals surface area contributed by atoms with Crippen LogP contribution in [0.3, 0.4) is 0 Å². The second kappa shape index (κ2) is 7.33. The lowest BCUT2D eigenvalue weighted by atomic mass is 10.0. The Bertz CT molecular complexity index is 288. The number of esters is 1. The van der Waals surface area contributed by atoms with E-state index in [4.69, 9.17) is 0 Å². The number of ether oxygens (including phenoxy) is 1. The third kappa shape index (κ3) is 4.62. The predicted molar refractivity (Wildman–Crippen MR) is 68.1 cm³/mol. The van der Waals surface area contributed by atoms with Crippen molar-refractivity contribution >= 4 is 11.9 Å².